The predicted molar refractivity (Wildman–Crippen MR) is 143 cm³/mol. The molecule has 0 unspecified atom stereocenters. The van der Waals surface area contributed by atoms with E-state index in [2.05, 4.69) is 16.1 Å². The van der Waals surface area contributed by atoms with Gasteiger partial charge in [-0.15, -0.1) is 0 Å². The second-order valence-electron chi connectivity index (χ2n) is 8.72. The Balaban J connectivity index is 1.53. The lowest BCUT2D eigenvalue weighted by molar-refractivity contribution is -0.135. The molecule has 4 rings (SSSR count). The van der Waals surface area contributed by atoms with Crippen LogP contribution in [0.3, 0.4) is 0 Å². The molecule has 2 N–H and O–H groups in total. The Morgan fingerprint density at radius 1 is 0.944 bits per heavy atom. The molecule has 0 amide bonds. The van der Waals surface area contributed by atoms with E-state index in [1.165, 1.54) is 19.1 Å². The van der Waals surface area contributed by atoms with Gasteiger partial charge >= 0.3 is 5.97 Å². The van der Waals surface area contributed by atoms with Crippen molar-refractivity contribution >= 4 is 43.8 Å². The molecule has 0 saturated carbocycles. The lowest BCUT2D eigenvalue weighted by Crippen LogP contribution is -2.40. The van der Waals surface area contributed by atoms with Crippen molar-refractivity contribution in [3.8, 4) is 5.75 Å². The van der Waals surface area contributed by atoms with Gasteiger partial charge in [-0.2, -0.15) is 4.72 Å². The molecule has 8 heteroatoms. The lowest BCUT2D eigenvalue weighted by Gasteiger charge is -2.17. The van der Waals surface area contributed by atoms with Gasteiger partial charge in [-0.3, -0.25) is 0 Å². The Labute approximate surface area is 211 Å². The van der Waals surface area contributed by atoms with Crippen LogP contribution in [0.4, 0.5) is 17.1 Å². The maximum Gasteiger partial charge on any atom is 0.329 e. The fourth-order valence-electron chi connectivity index (χ4n) is 3.65. The summed E-state index contributed by atoms with van der Waals surface area (Å²) in [6.45, 7) is 3.32. The Morgan fingerprint density at radius 2 is 1.58 bits per heavy atom. The van der Waals surface area contributed by atoms with Gasteiger partial charge in [0.15, 0.2) is 0 Å². The van der Waals surface area contributed by atoms with Crippen molar-refractivity contribution in [2.24, 2.45) is 0 Å². The summed E-state index contributed by atoms with van der Waals surface area (Å²) in [4.78, 5) is 14.9. The SMILES string of the molecule is Cc1ccc(S(=O)(=O)N[C@@H](C)C(=O)Oc2c[c]c(Nc3ccc(N(C)C)cc3)c3ccccc23)cc1. The summed E-state index contributed by atoms with van der Waals surface area (Å²) >= 11 is 0. The van der Waals surface area contributed by atoms with Gasteiger partial charge in [0.05, 0.1) is 10.6 Å². The van der Waals surface area contributed by atoms with E-state index in [0.29, 0.717) is 11.1 Å². The minimum absolute atomic E-state index is 0.0839. The molecule has 0 fully saturated rings. The third-order valence-corrected chi connectivity index (χ3v) is 7.25. The molecule has 0 bridgehead atoms. The number of nitrogens with one attached hydrogen (secondary N) is 2. The zero-order valence-electron chi connectivity index (χ0n) is 20.6. The average molecular weight is 503 g/mol. The molecule has 4 aromatic carbocycles. The van der Waals surface area contributed by atoms with Crippen LogP contribution in [-0.4, -0.2) is 34.5 Å². The molecule has 0 heterocycles. The number of carbonyl (C=O) groups is 1. The second kappa shape index (κ2) is 10.4. The first-order valence-electron chi connectivity index (χ1n) is 11.4. The third-order valence-electron chi connectivity index (χ3n) is 5.69. The molecule has 0 aliphatic heterocycles. The zero-order chi connectivity index (χ0) is 25.9. The summed E-state index contributed by atoms with van der Waals surface area (Å²) in [5.74, 6) is -0.422. The number of rotatable bonds is 8. The lowest BCUT2D eigenvalue weighted by atomic mass is 10.1. The van der Waals surface area contributed by atoms with Crippen molar-refractivity contribution in [1.82, 2.24) is 4.72 Å². The van der Waals surface area contributed by atoms with E-state index in [-0.39, 0.29) is 4.90 Å². The maximum atomic E-state index is 12.8. The Morgan fingerprint density at radius 3 is 2.22 bits per heavy atom. The van der Waals surface area contributed by atoms with Crippen LogP contribution < -0.4 is 19.7 Å². The highest BCUT2D eigenvalue weighted by molar-refractivity contribution is 7.89. The minimum Gasteiger partial charge on any atom is -0.425 e. The van der Waals surface area contributed by atoms with Gasteiger partial charge in [0.25, 0.3) is 0 Å². The molecule has 0 spiro atoms. The van der Waals surface area contributed by atoms with Crippen LogP contribution in [0.2, 0.25) is 0 Å². The van der Waals surface area contributed by atoms with Crippen molar-refractivity contribution in [1.29, 1.82) is 0 Å². The van der Waals surface area contributed by atoms with Gasteiger partial charge in [0.2, 0.25) is 10.0 Å². The number of nitrogens with zero attached hydrogens (tertiary/aromatic N) is 1. The molecule has 36 heavy (non-hydrogen) atoms. The number of ether oxygens (including phenoxy) is 1. The van der Waals surface area contributed by atoms with Crippen molar-refractivity contribution in [2.45, 2.75) is 24.8 Å². The van der Waals surface area contributed by atoms with Crippen LogP contribution in [0, 0.1) is 13.0 Å². The van der Waals surface area contributed by atoms with Gasteiger partial charge < -0.3 is 15.0 Å². The molecule has 185 valence electrons. The van der Waals surface area contributed by atoms with Gasteiger partial charge in [0.1, 0.15) is 11.8 Å². The second-order valence-corrected chi connectivity index (χ2v) is 10.4. The number of fused-ring (bicyclic) bond motifs is 1. The topological polar surface area (TPSA) is 87.7 Å². The molecule has 1 radical (unpaired) electrons. The highest BCUT2D eigenvalue weighted by Crippen LogP contribution is 2.33. The number of anilines is 3. The molecule has 7 nitrogen and oxygen atoms in total. The highest BCUT2D eigenvalue weighted by atomic mass is 32.2. The number of hydrogen-bond donors (Lipinski definition) is 2. The summed E-state index contributed by atoms with van der Waals surface area (Å²) in [6.07, 6.45) is 0. The van der Waals surface area contributed by atoms with E-state index in [4.69, 9.17) is 4.74 Å². The molecule has 0 aliphatic carbocycles. The summed E-state index contributed by atoms with van der Waals surface area (Å²) in [5.41, 5.74) is 3.65. The first-order chi connectivity index (χ1) is 17.1. The largest absolute Gasteiger partial charge is 0.425 e. The normalized spacial score (nSPS) is 12.2. The van der Waals surface area contributed by atoms with E-state index in [1.54, 1.807) is 18.2 Å². The predicted octanol–water partition coefficient (Wildman–Crippen LogP) is 5.03. The van der Waals surface area contributed by atoms with E-state index in [9.17, 15) is 13.2 Å². The maximum absolute atomic E-state index is 12.8. The molecule has 4 aromatic rings. The average Bonchev–Trinajstić information content (AvgIpc) is 2.85. The van der Waals surface area contributed by atoms with Crippen LogP contribution in [-0.2, 0) is 14.8 Å². The minimum atomic E-state index is -3.88. The summed E-state index contributed by atoms with van der Waals surface area (Å²) < 4.78 is 33.3. The number of aryl methyl sites for hydroxylation is 1. The van der Waals surface area contributed by atoms with Crippen LogP contribution in [0.5, 0.6) is 5.75 Å². The Hall–Kier alpha value is -3.88. The number of esters is 1. The van der Waals surface area contributed by atoms with Gasteiger partial charge in [-0.25, -0.2) is 13.2 Å². The monoisotopic (exact) mass is 502 g/mol. The Bertz CT molecular complexity index is 1480. The van der Waals surface area contributed by atoms with Crippen molar-refractivity contribution < 1.29 is 17.9 Å². The molecular weight excluding hydrogens is 474 g/mol. The molecule has 0 saturated heterocycles. The number of carbonyl (C=O) groups excluding carboxylic acids is 1. The van der Waals surface area contributed by atoms with Crippen LogP contribution >= 0.6 is 0 Å². The number of hydrogen-bond acceptors (Lipinski definition) is 6. The number of benzene rings is 4. The zero-order valence-corrected chi connectivity index (χ0v) is 21.4. The first kappa shape index (κ1) is 25.2. The molecular formula is C28H28N3O4S. The van der Waals surface area contributed by atoms with E-state index < -0.39 is 22.0 Å². The van der Waals surface area contributed by atoms with Gasteiger partial charge in [0, 0.05) is 42.3 Å². The van der Waals surface area contributed by atoms with Crippen molar-refractivity contribution in [3.05, 3.63) is 90.5 Å². The first-order valence-corrected chi connectivity index (χ1v) is 12.9. The van der Waals surface area contributed by atoms with Crippen molar-refractivity contribution in [2.75, 3.05) is 24.3 Å². The van der Waals surface area contributed by atoms with E-state index >= 15 is 0 Å². The molecule has 0 aliphatic rings. The molecule has 0 aromatic heterocycles. The fraction of sp³-hybridized carbons (Fsp3) is 0.179. The highest BCUT2D eigenvalue weighted by Gasteiger charge is 2.24. The quantitative estimate of drug-likeness (QED) is 0.260. The standard InChI is InChI=1S/C28H28N3O4S/c1-19-9-15-23(16-10-19)36(33,34)30-20(2)28(32)35-27-18-17-26(24-7-5-6-8-25(24)27)29-21-11-13-22(14-12-21)31(3)4/h5-16,18,20,29-30H,1-4H3/t20-/m0/s1. The third kappa shape index (κ3) is 5.67. The van der Waals surface area contributed by atoms with Crippen LogP contribution in [0.15, 0.2) is 83.8 Å². The van der Waals surface area contributed by atoms with E-state index in [0.717, 1.165) is 28.0 Å². The van der Waals surface area contributed by atoms with Gasteiger partial charge in [-0.1, -0.05) is 42.0 Å². The smallest absolute Gasteiger partial charge is 0.329 e. The van der Waals surface area contributed by atoms with E-state index in [1.807, 2.05) is 74.4 Å². The fourth-order valence-corrected chi connectivity index (χ4v) is 4.84. The molecule has 1 atom stereocenters. The van der Waals surface area contributed by atoms with Crippen LogP contribution in [0.25, 0.3) is 10.8 Å². The van der Waals surface area contributed by atoms with Gasteiger partial charge in [-0.05, 0) is 56.3 Å². The Kier molecular flexibility index (Phi) is 7.28. The van der Waals surface area contributed by atoms with Crippen LogP contribution in [0.1, 0.15) is 12.5 Å². The summed E-state index contributed by atoms with van der Waals surface area (Å²) in [6, 6.07) is 25.5. The summed E-state index contributed by atoms with van der Waals surface area (Å²) in [5, 5.41) is 4.88. The number of sulfonamides is 1. The van der Waals surface area contributed by atoms with Crippen molar-refractivity contribution in [3.63, 3.8) is 0 Å². The summed E-state index contributed by atoms with van der Waals surface area (Å²) in [7, 11) is 0.0907.